The van der Waals surface area contributed by atoms with E-state index in [9.17, 15) is 18.6 Å². The van der Waals surface area contributed by atoms with E-state index in [1.807, 2.05) is 6.92 Å². The molecule has 1 aromatic carbocycles. The van der Waals surface area contributed by atoms with E-state index >= 15 is 0 Å². The maximum absolute atomic E-state index is 12.1. The number of Topliss-reactive ketones (excluding diaryl/α,β-unsaturated/α-hetero) is 1. The van der Waals surface area contributed by atoms with E-state index in [2.05, 4.69) is 0 Å². The molecule has 0 fully saturated rings. The first-order valence-corrected chi connectivity index (χ1v) is 8.15. The van der Waals surface area contributed by atoms with Gasteiger partial charge in [-0.05, 0) is 25.1 Å². The minimum Gasteiger partial charge on any atom is -0.482 e. The first-order valence-electron chi connectivity index (χ1n) is 6.66. The van der Waals surface area contributed by atoms with Crippen LogP contribution in [-0.4, -0.2) is 46.5 Å². The maximum atomic E-state index is 12.1. The Morgan fingerprint density at radius 1 is 1.36 bits per heavy atom. The molecule has 1 aliphatic heterocycles. The molecule has 1 unspecified atom stereocenters. The number of rotatable bonds is 6. The summed E-state index contributed by atoms with van der Waals surface area (Å²) in [6.45, 7) is 2.25. The van der Waals surface area contributed by atoms with Gasteiger partial charge < -0.3 is 15.4 Å². The van der Waals surface area contributed by atoms with Crippen LogP contribution in [0.4, 0.5) is 5.69 Å². The van der Waals surface area contributed by atoms with Crippen LogP contribution in [0.2, 0.25) is 0 Å². The Labute approximate surface area is 129 Å². The molecule has 1 heterocycles. The number of nitrogens with two attached hydrogens (primary N) is 1. The summed E-state index contributed by atoms with van der Waals surface area (Å²) >= 11 is 0. The van der Waals surface area contributed by atoms with E-state index in [0.717, 1.165) is 0 Å². The number of anilines is 1. The Morgan fingerprint density at radius 3 is 2.73 bits per heavy atom. The van der Waals surface area contributed by atoms with E-state index in [1.165, 1.54) is 4.90 Å². The summed E-state index contributed by atoms with van der Waals surface area (Å²) in [6, 6.07) is 4.70. The molecule has 1 aromatic rings. The zero-order valence-corrected chi connectivity index (χ0v) is 12.9. The highest BCUT2D eigenvalue weighted by Gasteiger charge is 2.25. The summed E-state index contributed by atoms with van der Waals surface area (Å²) in [5.41, 5.74) is 5.78. The molecular formula is C14H16N2O5S. The number of hydrogen-bond donors (Lipinski definition) is 1. The van der Waals surface area contributed by atoms with Gasteiger partial charge in [-0.25, -0.2) is 0 Å². The molecular weight excluding hydrogens is 308 g/mol. The third-order valence-electron chi connectivity index (χ3n) is 3.14. The fourth-order valence-electron chi connectivity index (χ4n) is 2.16. The number of ether oxygens (including phenoxy) is 1. The molecule has 2 rings (SSSR count). The average molecular weight is 324 g/mol. The van der Waals surface area contributed by atoms with Crippen LogP contribution in [0.15, 0.2) is 18.2 Å². The molecule has 22 heavy (non-hydrogen) atoms. The monoisotopic (exact) mass is 324 g/mol. The number of carbonyl (C=O) groups excluding carboxylic acids is 3. The number of amides is 2. The number of nitrogens with zero attached hydrogens (tertiary/aromatic N) is 1. The van der Waals surface area contributed by atoms with Crippen molar-refractivity contribution in [2.75, 3.05) is 29.6 Å². The highest BCUT2D eigenvalue weighted by atomic mass is 32.2. The molecule has 1 aliphatic rings. The second-order valence-electron chi connectivity index (χ2n) is 4.73. The van der Waals surface area contributed by atoms with Crippen molar-refractivity contribution in [3.8, 4) is 5.75 Å². The number of ketones is 1. The molecule has 2 amide bonds. The molecule has 0 saturated heterocycles. The minimum atomic E-state index is -1.64. The number of hydrogen-bond acceptors (Lipinski definition) is 5. The van der Waals surface area contributed by atoms with Crippen molar-refractivity contribution in [1.82, 2.24) is 0 Å². The molecule has 0 radical (unpaired) electrons. The van der Waals surface area contributed by atoms with E-state index in [1.54, 1.807) is 18.2 Å². The van der Waals surface area contributed by atoms with Crippen LogP contribution in [0.1, 0.15) is 17.3 Å². The van der Waals surface area contributed by atoms with E-state index < -0.39 is 16.7 Å². The standard InChI is InChI=1S/C14H16N2O5S/c1-2-16-10-5-9(3-4-12(10)21-6-14(16)19)11(17)7-22(20)8-13(15)18/h3-5H,2,6-8H2,1H3,(H2,15,18). The van der Waals surface area contributed by atoms with Crippen LogP contribution < -0.4 is 15.4 Å². The van der Waals surface area contributed by atoms with Crippen molar-refractivity contribution in [2.45, 2.75) is 6.92 Å². The first-order chi connectivity index (χ1) is 10.4. The summed E-state index contributed by atoms with van der Waals surface area (Å²) in [5.74, 6) is -1.39. The quantitative estimate of drug-likeness (QED) is 0.732. The molecule has 0 spiro atoms. The zero-order valence-electron chi connectivity index (χ0n) is 12.0. The van der Waals surface area contributed by atoms with Crippen molar-refractivity contribution in [3.63, 3.8) is 0 Å². The lowest BCUT2D eigenvalue weighted by Crippen LogP contribution is -2.38. The molecule has 8 heteroatoms. The Hall–Kier alpha value is -2.22. The number of fused-ring (bicyclic) bond motifs is 1. The summed E-state index contributed by atoms with van der Waals surface area (Å²) < 4.78 is 16.9. The molecule has 0 aliphatic carbocycles. The van der Waals surface area contributed by atoms with Gasteiger partial charge in [0.2, 0.25) is 5.91 Å². The zero-order chi connectivity index (χ0) is 16.3. The predicted molar refractivity (Wildman–Crippen MR) is 81.4 cm³/mol. The Kier molecular flexibility index (Phi) is 4.92. The Morgan fingerprint density at radius 2 is 2.09 bits per heavy atom. The van der Waals surface area contributed by atoms with Gasteiger partial charge in [0.05, 0.1) is 11.4 Å². The van der Waals surface area contributed by atoms with E-state index in [0.29, 0.717) is 23.5 Å². The van der Waals surface area contributed by atoms with Gasteiger partial charge in [-0.3, -0.25) is 18.6 Å². The summed E-state index contributed by atoms with van der Waals surface area (Å²) in [6.07, 6.45) is 0. The molecule has 118 valence electrons. The Bertz CT molecular complexity index is 659. The molecule has 0 bridgehead atoms. The van der Waals surface area contributed by atoms with Gasteiger partial charge in [0.25, 0.3) is 5.91 Å². The highest BCUT2D eigenvalue weighted by Crippen LogP contribution is 2.32. The third kappa shape index (κ3) is 3.51. The van der Waals surface area contributed by atoms with Crippen LogP contribution in [0.5, 0.6) is 5.75 Å². The fourth-order valence-corrected chi connectivity index (χ4v) is 3.04. The SMILES string of the molecule is CCN1C(=O)COc2ccc(C(=O)CS(=O)CC(N)=O)cc21. The van der Waals surface area contributed by atoms with Gasteiger partial charge in [0, 0.05) is 22.9 Å². The van der Waals surface area contributed by atoms with Gasteiger partial charge in [0.1, 0.15) is 11.5 Å². The van der Waals surface area contributed by atoms with Crippen molar-refractivity contribution in [2.24, 2.45) is 5.73 Å². The highest BCUT2D eigenvalue weighted by molar-refractivity contribution is 7.86. The van der Waals surface area contributed by atoms with E-state index in [4.69, 9.17) is 10.5 Å². The molecule has 7 nitrogen and oxygen atoms in total. The lowest BCUT2D eigenvalue weighted by Gasteiger charge is -2.28. The normalized spacial score (nSPS) is 15.0. The molecule has 0 aromatic heterocycles. The minimum absolute atomic E-state index is 0.0310. The van der Waals surface area contributed by atoms with Gasteiger partial charge in [-0.15, -0.1) is 0 Å². The van der Waals surface area contributed by atoms with Crippen LogP contribution in [-0.2, 0) is 20.4 Å². The molecule has 2 N–H and O–H groups in total. The van der Waals surface area contributed by atoms with Crippen molar-refractivity contribution in [1.29, 1.82) is 0 Å². The smallest absolute Gasteiger partial charge is 0.265 e. The predicted octanol–water partition coefficient (Wildman–Crippen LogP) is -0.151. The number of benzene rings is 1. The fraction of sp³-hybridized carbons (Fsp3) is 0.357. The van der Waals surface area contributed by atoms with Crippen molar-refractivity contribution >= 4 is 34.1 Å². The molecule has 0 saturated carbocycles. The number of carbonyl (C=O) groups is 3. The lowest BCUT2D eigenvalue weighted by atomic mass is 10.1. The summed E-state index contributed by atoms with van der Waals surface area (Å²) in [4.78, 5) is 36.1. The van der Waals surface area contributed by atoms with Gasteiger partial charge >= 0.3 is 0 Å². The Balaban J connectivity index is 2.21. The largest absolute Gasteiger partial charge is 0.482 e. The second kappa shape index (κ2) is 6.69. The topological polar surface area (TPSA) is 107 Å². The van der Waals surface area contributed by atoms with Crippen LogP contribution in [0.25, 0.3) is 0 Å². The first kappa shape index (κ1) is 16.2. The number of primary amides is 1. The van der Waals surface area contributed by atoms with Crippen LogP contribution in [0, 0.1) is 0 Å². The third-order valence-corrected chi connectivity index (χ3v) is 4.33. The van der Waals surface area contributed by atoms with Gasteiger partial charge in [0.15, 0.2) is 12.4 Å². The van der Waals surface area contributed by atoms with E-state index in [-0.39, 0.29) is 29.8 Å². The van der Waals surface area contributed by atoms with Gasteiger partial charge in [-0.1, -0.05) is 0 Å². The summed E-state index contributed by atoms with van der Waals surface area (Å²) in [7, 11) is -1.64. The van der Waals surface area contributed by atoms with Crippen LogP contribution >= 0.6 is 0 Å². The average Bonchev–Trinajstić information content (AvgIpc) is 2.45. The molecule has 1 atom stereocenters. The second-order valence-corrected chi connectivity index (χ2v) is 6.18. The van der Waals surface area contributed by atoms with Crippen molar-refractivity contribution in [3.05, 3.63) is 23.8 Å². The van der Waals surface area contributed by atoms with Crippen LogP contribution in [0.3, 0.4) is 0 Å². The maximum Gasteiger partial charge on any atom is 0.265 e. The summed E-state index contributed by atoms with van der Waals surface area (Å²) in [5, 5.41) is 0. The van der Waals surface area contributed by atoms with Gasteiger partial charge in [-0.2, -0.15) is 0 Å². The van der Waals surface area contributed by atoms with Crippen molar-refractivity contribution < 1.29 is 23.3 Å². The lowest BCUT2D eigenvalue weighted by molar-refractivity contribution is -0.121. The number of likely N-dealkylation sites (N-methyl/N-ethyl adjacent to an activating group) is 1.